The van der Waals surface area contributed by atoms with Gasteiger partial charge in [0.2, 0.25) is 0 Å². The first-order valence-corrected chi connectivity index (χ1v) is 11.3. The van der Waals surface area contributed by atoms with Crippen molar-refractivity contribution in [2.45, 2.75) is 12.8 Å². The first-order valence-electron chi connectivity index (χ1n) is 9.29. The van der Waals surface area contributed by atoms with Crippen molar-refractivity contribution in [3.05, 3.63) is 101 Å². The van der Waals surface area contributed by atoms with Crippen molar-refractivity contribution >= 4 is 40.4 Å². The standard InChI is InChI=1S/C24H18BrO2P/c25-21-15-13-17-11-12-18-14-16-22(24(21)23(17)18)28(26-19-7-3-1-4-8-19)27-20-9-5-2-6-10-20/h1-10,13-16H,11-12H2. The van der Waals surface area contributed by atoms with Crippen LogP contribution in [0.4, 0.5) is 0 Å². The highest BCUT2D eigenvalue weighted by atomic mass is 79.9. The van der Waals surface area contributed by atoms with Gasteiger partial charge in [0.05, 0.1) is 5.30 Å². The topological polar surface area (TPSA) is 18.5 Å². The van der Waals surface area contributed by atoms with Crippen molar-refractivity contribution in [1.29, 1.82) is 0 Å². The van der Waals surface area contributed by atoms with Crippen LogP contribution in [0.25, 0.3) is 10.8 Å². The number of rotatable bonds is 5. The van der Waals surface area contributed by atoms with E-state index in [1.807, 2.05) is 60.7 Å². The molecule has 2 nitrogen and oxygen atoms in total. The van der Waals surface area contributed by atoms with Crippen molar-refractivity contribution in [2.24, 2.45) is 0 Å². The van der Waals surface area contributed by atoms with Gasteiger partial charge in [0.1, 0.15) is 11.5 Å². The zero-order chi connectivity index (χ0) is 18.9. The fourth-order valence-electron chi connectivity index (χ4n) is 3.69. The largest absolute Gasteiger partial charge is 0.435 e. The third-order valence-corrected chi connectivity index (χ3v) is 7.16. The molecule has 0 radical (unpaired) electrons. The van der Waals surface area contributed by atoms with Gasteiger partial charge in [-0.1, -0.05) is 64.5 Å². The molecular formula is C24H18BrO2P. The van der Waals surface area contributed by atoms with E-state index in [-0.39, 0.29) is 0 Å². The Morgan fingerprint density at radius 1 is 0.607 bits per heavy atom. The van der Waals surface area contributed by atoms with Gasteiger partial charge in [-0.2, -0.15) is 0 Å². The predicted molar refractivity (Wildman–Crippen MR) is 120 cm³/mol. The van der Waals surface area contributed by atoms with Gasteiger partial charge in [0.25, 0.3) is 0 Å². The zero-order valence-electron chi connectivity index (χ0n) is 15.1. The molecule has 5 rings (SSSR count). The van der Waals surface area contributed by atoms with Crippen molar-refractivity contribution < 1.29 is 9.05 Å². The van der Waals surface area contributed by atoms with Crippen LogP contribution < -0.4 is 14.4 Å². The lowest BCUT2D eigenvalue weighted by Gasteiger charge is -2.21. The second-order valence-electron chi connectivity index (χ2n) is 6.77. The smallest absolute Gasteiger partial charge is 0.326 e. The molecule has 0 atom stereocenters. The Morgan fingerprint density at radius 2 is 1.14 bits per heavy atom. The molecule has 28 heavy (non-hydrogen) atoms. The second-order valence-corrected chi connectivity index (χ2v) is 8.98. The molecule has 4 heteroatoms. The van der Waals surface area contributed by atoms with Gasteiger partial charge in [-0.05, 0) is 65.8 Å². The Hall–Kier alpha value is -2.35. The van der Waals surface area contributed by atoms with Crippen LogP contribution in [-0.2, 0) is 12.8 Å². The lowest BCUT2D eigenvalue weighted by Crippen LogP contribution is -2.12. The van der Waals surface area contributed by atoms with E-state index in [0.717, 1.165) is 34.1 Å². The van der Waals surface area contributed by atoms with Crippen molar-refractivity contribution in [2.75, 3.05) is 0 Å². The first kappa shape index (κ1) is 17.7. The minimum Gasteiger partial charge on any atom is -0.435 e. The normalized spacial score (nSPS) is 12.5. The van der Waals surface area contributed by atoms with Gasteiger partial charge in [-0.25, -0.2) is 0 Å². The molecular weight excluding hydrogens is 431 g/mol. The molecule has 0 saturated heterocycles. The van der Waals surface area contributed by atoms with Crippen LogP contribution in [0.15, 0.2) is 89.4 Å². The van der Waals surface area contributed by atoms with Gasteiger partial charge in [-0.15, -0.1) is 0 Å². The molecule has 0 heterocycles. The quantitative estimate of drug-likeness (QED) is 0.312. The molecule has 0 unspecified atom stereocenters. The van der Waals surface area contributed by atoms with Crippen molar-refractivity contribution in [3.8, 4) is 11.5 Å². The van der Waals surface area contributed by atoms with E-state index >= 15 is 0 Å². The average molecular weight is 449 g/mol. The van der Waals surface area contributed by atoms with Crippen LogP contribution in [-0.4, -0.2) is 0 Å². The van der Waals surface area contributed by atoms with Crippen LogP contribution in [0.5, 0.6) is 11.5 Å². The summed E-state index contributed by atoms with van der Waals surface area (Å²) < 4.78 is 13.9. The van der Waals surface area contributed by atoms with Gasteiger partial charge in [0, 0.05) is 9.86 Å². The van der Waals surface area contributed by atoms with Gasteiger partial charge < -0.3 is 9.05 Å². The zero-order valence-corrected chi connectivity index (χ0v) is 17.6. The second kappa shape index (κ2) is 7.58. The summed E-state index contributed by atoms with van der Waals surface area (Å²) in [4.78, 5) is 0. The highest BCUT2D eigenvalue weighted by molar-refractivity contribution is 9.10. The highest BCUT2D eigenvalue weighted by Crippen LogP contribution is 2.44. The van der Waals surface area contributed by atoms with Crippen LogP contribution in [0.3, 0.4) is 0 Å². The molecule has 0 N–H and O–H groups in total. The maximum atomic E-state index is 6.39. The third-order valence-electron chi connectivity index (χ3n) is 4.98. The number of hydrogen-bond donors (Lipinski definition) is 0. The number of hydrogen-bond acceptors (Lipinski definition) is 2. The molecule has 0 saturated carbocycles. The summed E-state index contributed by atoms with van der Waals surface area (Å²) >= 11 is 3.78. The maximum absolute atomic E-state index is 6.39. The Labute approximate surface area is 174 Å². The van der Waals surface area contributed by atoms with E-state index in [9.17, 15) is 0 Å². The van der Waals surface area contributed by atoms with Gasteiger partial charge >= 0.3 is 8.38 Å². The molecule has 0 aliphatic heterocycles. The summed E-state index contributed by atoms with van der Waals surface area (Å²) in [5.74, 6) is 1.62. The highest BCUT2D eigenvalue weighted by Gasteiger charge is 2.26. The third kappa shape index (κ3) is 3.30. The molecule has 138 valence electrons. The molecule has 4 aromatic carbocycles. The van der Waals surface area contributed by atoms with Crippen LogP contribution in [0.2, 0.25) is 0 Å². The molecule has 0 spiro atoms. The van der Waals surface area contributed by atoms with Crippen molar-refractivity contribution in [1.82, 2.24) is 0 Å². The van der Waals surface area contributed by atoms with Crippen LogP contribution >= 0.6 is 24.3 Å². The molecule has 1 aliphatic carbocycles. The minimum absolute atomic E-state index is 0.809. The molecule has 4 aromatic rings. The van der Waals surface area contributed by atoms with E-state index in [4.69, 9.17) is 9.05 Å². The lowest BCUT2D eigenvalue weighted by atomic mass is 10.1. The predicted octanol–water partition coefficient (Wildman–Crippen LogP) is 6.80. The summed E-state index contributed by atoms with van der Waals surface area (Å²) in [6, 6.07) is 28.6. The monoisotopic (exact) mass is 448 g/mol. The number of para-hydroxylation sites is 2. The number of aryl methyl sites for hydroxylation is 2. The SMILES string of the molecule is Brc1ccc2c3c(ccc(P(Oc4ccccc4)Oc4ccccc4)c13)CC2. The van der Waals surface area contributed by atoms with E-state index < -0.39 is 8.38 Å². The molecule has 0 fully saturated rings. The molecule has 0 bridgehead atoms. The van der Waals surface area contributed by atoms with Gasteiger partial charge in [0.15, 0.2) is 0 Å². The summed E-state index contributed by atoms with van der Waals surface area (Å²) in [6.07, 6.45) is 2.19. The molecule has 0 aromatic heterocycles. The summed E-state index contributed by atoms with van der Waals surface area (Å²) in [6.45, 7) is 0. The number of halogens is 1. The first-order chi connectivity index (χ1) is 13.8. The number of benzene rings is 4. The lowest BCUT2D eigenvalue weighted by molar-refractivity contribution is 0.502. The van der Waals surface area contributed by atoms with Gasteiger partial charge in [-0.3, -0.25) is 0 Å². The Morgan fingerprint density at radius 3 is 1.71 bits per heavy atom. The van der Waals surface area contributed by atoms with E-state index in [2.05, 4.69) is 40.2 Å². The van der Waals surface area contributed by atoms with Crippen LogP contribution in [0.1, 0.15) is 11.1 Å². The van der Waals surface area contributed by atoms with E-state index in [0.29, 0.717) is 0 Å². The summed E-state index contributed by atoms with van der Waals surface area (Å²) in [5, 5.41) is 3.66. The molecule has 1 aliphatic rings. The minimum atomic E-state index is -1.35. The Bertz CT molecular complexity index is 1080. The van der Waals surface area contributed by atoms with Crippen LogP contribution in [0, 0.1) is 0 Å². The average Bonchev–Trinajstić information content (AvgIpc) is 3.16. The van der Waals surface area contributed by atoms with E-state index in [1.165, 1.54) is 21.9 Å². The summed E-state index contributed by atoms with van der Waals surface area (Å²) in [7, 11) is -1.35. The van der Waals surface area contributed by atoms with E-state index in [1.54, 1.807) is 0 Å². The maximum Gasteiger partial charge on any atom is 0.326 e. The fraction of sp³-hybridized carbons (Fsp3) is 0.0833. The Balaban J connectivity index is 1.65. The Kier molecular flexibility index (Phi) is 4.80. The van der Waals surface area contributed by atoms with Crippen molar-refractivity contribution in [3.63, 3.8) is 0 Å². The summed E-state index contributed by atoms with van der Waals surface area (Å²) in [5.41, 5.74) is 2.81. The molecule has 0 amide bonds. The fourth-order valence-corrected chi connectivity index (χ4v) is 5.86.